The standard InChI is InChI=1S/C16H19N3O4/c1-23-12-5-3-11(4-6-12)9-14-18-13(10-15(21)19-14)16(22)17-7-2-8-20/h3-6,10,20H,2,7-9H2,1H3,(H,17,22)(H,18,19,21). The quantitative estimate of drug-likeness (QED) is 0.644. The Kier molecular flexibility index (Phi) is 5.87. The number of methoxy groups -OCH3 is 1. The first kappa shape index (κ1) is 16.7. The molecule has 0 spiro atoms. The van der Waals surface area contributed by atoms with Gasteiger partial charge >= 0.3 is 0 Å². The van der Waals surface area contributed by atoms with Gasteiger partial charge in [-0.3, -0.25) is 9.59 Å². The normalized spacial score (nSPS) is 10.3. The van der Waals surface area contributed by atoms with E-state index in [0.29, 0.717) is 25.2 Å². The summed E-state index contributed by atoms with van der Waals surface area (Å²) >= 11 is 0. The molecule has 7 nitrogen and oxygen atoms in total. The molecule has 1 heterocycles. The fraction of sp³-hybridized carbons (Fsp3) is 0.312. The molecule has 0 aliphatic carbocycles. The van der Waals surface area contributed by atoms with E-state index >= 15 is 0 Å². The first-order chi connectivity index (χ1) is 11.1. The molecule has 0 saturated heterocycles. The summed E-state index contributed by atoms with van der Waals surface area (Å²) in [5.41, 5.74) is 0.623. The van der Waals surface area contributed by atoms with Crippen LogP contribution in [0.2, 0.25) is 0 Å². The average molecular weight is 317 g/mol. The number of aliphatic hydroxyl groups excluding tert-OH is 1. The largest absolute Gasteiger partial charge is 0.497 e. The summed E-state index contributed by atoms with van der Waals surface area (Å²) in [6.45, 7) is 0.323. The SMILES string of the molecule is COc1ccc(Cc2nc(C(=O)NCCCO)cc(=O)[nH]2)cc1. The van der Waals surface area contributed by atoms with E-state index in [2.05, 4.69) is 15.3 Å². The summed E-state index contributed by atoms with van der Waals surface area (Å²) in [5, 5.41) is 11.3. The van der Waals surface area contributed by atoms with Crippen molar-refractivity contribution < 1.29 is 14.6 Å². The molecule has 1 aromatic heterocycles. The molecule has 0 unspecified atom stereocenters. The minimum absolute atomic E-state index is 0.00813. The van der Waals surface area contributed by atoms with E-state index in [9.17, 15) is 9.59 Å². The highest BCUT2D eigenvalue weighted by Gasteiger charge is 2.10. The van der Waals surface area contributed by atoms with Crippen LogP contribution >= 0.6 is 0 Å². The Labute approximate surface area is 133 Å². The highest BCUT2D eigenvalue weighted by Crippen LogP contribution is 2.13. The van der Waals surface area contributed by atoms with Crippen LogP contribution in [0.25, 0.3) is 0 Å². The van der Waals surface area contributed by atoms with Gasteiger partial charge in [-0.2, -0.15) is 0 Å². The van der Waals surface area contributed by atoms with Crippen molar-refractivity contribution in [3.8, 4) is 5.75 Å². The maximum Gasteiger partial charge on any atom is 0.270 e. The van der Waals surface area contributed by atoms with Gasteiger partial charge in [-0.25, -0.2) is 4.98 Å². The molecule has 1 aromatic carbocycles. The van der Waals surface area contributed by atoms with E-state index < -0.39 is 5.91 Å². The number of carbonyl (C=O) groups is 1. The number of nitrogens with one attached hydrogen (secondary N) is 2. The Morgan fingerprint density at radius 2 is 2.09 bits per heavy atom. The summed E-state index contributed by atoms with van der Waals surface area (Å²) < 4.78 is 5.09. The maximum atomic E-state index is 11.9. The van der Waals surface area contributed by atoms with E-state index in [-0.39, 0.29) is 17.9 Å². The van der Waals surface area contributed by atoms with E-state index in [0.717, 1.165) is 17.4 Å². The second-order valence-corrected chi connectivity index (χ2v) is 4.94. The van der Waals surface area contributed by atoms with Crippen LogP contribution < -0.4 is 15.6 Å². The minimum atomic E-state index is -0.430. The minimum Gasteiger partial charge on any atom is -0.497 e. The number of aromatic amines is 1. The molecular formula is C16H19N3O4. The van der Waals surface area contributed by atoms with Crippen LogP contribution in [0.5, 0.6) is 5.75 Å². The summed E-state index contributed by atoms with van der Waals surface area (Å²) in [7, 11) is 1.59. The van der Waals surface area contributed by atoms with Crippen molar-refractivity contribution in [1.29, 1.82) is 0 Å². The van der Waals surface area contributed by atoms with Gasteiger partial charge in [0, 0.05) is 25.6 Å². The third-order valence-corrected chi connectivity index (χ3v) is 3.17. The zero-order valence-electron chi connectivity index (χ0n) is 12.8. The second-order valence-electron chi connectivity index (χ2n) is 4.94. The molecule has 0 bridgehead atoms. The molecule has 1 amide bonds. The predicted molar refractivity (Wildman–Crippen MR) is 84.7 cm³/mol. The summed E-state index contributed by atoms with van der Waals surface area (Å²) in [6.07, 6.45) is 0.852. The number of aromatic nitrogens is 2. The molecule has 122 valence electrons. The number of hydrogen-bond donors (Lipinski definition) is 3. The van der Waals surface area contributed by atoms with E-state index in [4.69, 9.17) is 9.84 Å². The van der Waals surface area contributed by atoms with Crippen molar-refractivity contribution in [3.63, 3.8) is 0 Å². The molecule has 7 heteroatoms. The molecule has 0 aliphatic rings. The van der Waals surface area contributed by atoms with Crippen LogP contribution in [0, 0.1) is 0 Å². The molecule has 0 aliphatic heterocycles. The lowest BCUT2D eigenvalue weighted by molar-refractivity contribution is 0.0945. The Morgan fingerprint density at radius 1 is 1.35 bits per heavy atom. The number of benzene rings is 1. The van der Waals surface area contributed by atoms with Crippen LogP contribution in [0.1, 0.15) is 28.3 Å². The topological polar surface area (TPSA) is 104 Å². The van der Waals surface area contributed by atoms with Crippen molar-refractivity contribution in [2.45, 2.75) is 12.8 Å². The number of nitrogens with zero attached hydrogens (tertiary/aromatic N) is 1. The van der Waals surface area contributed by atoms with E-state index in [1.165, 1.54) is 0 Å². The van der Waals surface area contributed by atoms with Crippen molar-refractivity contribution in [2.75, 3.05) is 20.3 Å². The monoisotopic (exact) mass is 317 g/mol. The van der Waals surface area contributed by atoms with Crippen LogP contribution in [0.3, 0.4) is 0 Å². The fourth-order valence-electron chi connectivity index (χ4n) is 2.02. The zero-order chi connectivity index (χ0) is 16.7. The number of aliphatic hydroxyl groups is 1. The first-order valence-electron chi connectivity index (χ1n) is 7.24. The lowest BCUT2D eigenvalue weighted by atomic mass is 10.1. The van der Waals surface area contributed by atoms with Crippen LogP contribution in [0.15, 0.2) is 35.1 Å². The predicted octanol–water partition coefficient (Wildman–Crippen LogP) is 0.481. The number of amides is 1. The zero-order valence-corrected chi connectivity index (χ0v) is 12.8. The number of ether oxygens (including phenoxy) is 1. The molecular weight excluding hydrogens is 298 g/mol. The summed E-state index contributed by atoms with van der Waals surface area (Å²) in [5.74, 6) is 0.725. The molecule has 2 rings (SSSR count). The first-order valence-corrected chi connectivity index (χ1v) is 7.24. The Morgan fingerprint density at radius 3 is 2.74 bits per heavy atom. The number of rotatable bonds is 7. The Balaban J connectivity index is 2.12. The smallest absolute Gasteiger partial charge is 0.270 e. The van der Waals surface area contributed by atoms with Gasteiger partial charge in [0.1, 0.15) is 17.3 Å². The van der Waals surface area contributed by atoms with Gasteiger partial charge in [-0.15, -0.1) is 0 Å². The van der Waals surface area contributed by atoms with Gasteiger partial charge in [0.05, 0.1) is 7.11 Å². The number of hydrogen-bond acceptors (Lipinski definition) is 5. The van der Waals surface area contributed by atoms with Gasteiger partial charge in [0.25, 0.3) is 11.5 Å². The fourth-order valence-corrected chi connectivity index (χ4v) is 2.02. The van der Waals surface area contributed by atoms with Gasteiger partial charge in [-0.1, -0.05) is 12.1 Å². The van der Waals surface area contributed by atoms with Gasteiger partial charge in [-0.05, 0) is 24.1 Å². The Hall–Kier alpha value is -2.67. The van der Waals surface area contributed by atoms with E-state index in [1.807, 2.05) is 24.3 Å². The Bertz CT molecular complexity index is 710. The van der Waals surface area contributed by atoms with Crippen LogP contribution in [0.4, 0.5) is 0 Å². The van der Waals surface area contributed by atoms with Crippen molar-refractivity contribution in [1.82, 2.24) is 15.3 Å². The maximum absolute atomic E-state index is 11.9. The summed E-state index contributed by atoms with van der Waals surface area (Å²) in [4.78, 5) is 30.5. The third-order valence-electron chi connectivity index (χ3n) is 3.17. The van der Waals surface area contributed by atoms with Crippen molar-refractivity contribution in [3.05, 3.63) is 57.8 Å². The van der Waals surface area contributed by atoms with Crippen molar-refractivity contribution >= 4 is 5.91 Å². The second kappa shape index (κ2) is 8.09. The molecule has 0 atom stereocenters. The summed E-state index contributed by atoms with van der Waals surface area (Å²) in [6, 6.07) is 8.53. The molecule has 0 saturated carbocycles. The van der Waals surface area contributed by atoms with Gasteiger partial charge in [0.15, 0.2) is 0 Å². The average Bonchev–Trinajstić information content (AvgIpc) is 2.55. The van der Waals surface area contributed by atoms with Crippen molar-refractivity contribution in [2.24, 2.45) is 0 Å². The number of H-pyrrole nitrogens is 1. The van der Waals surface area contributed by atoms with Crippen LogP contribution in [-0.4, -0.2) is 41.2 Å². The lowest BCUT2D eigenvalue weighted by Crippen LogP contribution is -2.28. The van der Waals surface area contributed by atoms with Gasteiger partial charge < -0.3 is 20.1 Å². The third kappa shape index (κ3) is 4.93. The molecule has 0 fully saturated rings. The lowest BCUT2D eigenvalue weighted by Gasteiger charge is -2.06. The van der Waals surface area contributed by atoms with Crippen LogP contribution in [-0.2, 0) is 6.42 Å². The highest BCUT2D eigenvalue weighted by atomic mass is 16.5. The number of carbonyl (C=O) groups excluding carboxylic acids is 1. The highest BCUT2D eigenvalue weighted by molar-refractivity contribution is 5.92. The molecule has 3 N–H and O–H groups in total. The van der Waals surface area contributed by atoms with Gasteiger partial charge in [0.2, 0.25) is 0 Å². The molecule has 23 heavy (non-hydrogen) atoms. The van der Waals surface area contributed by atoms with E-state index in [1.54, 1.807) is 7.11 Å². The molecule has 2 aromatic rings. The molecule has 0 radical (unpaired) electrons.